The second-order valence-corrected chi connectivity index (χ2v) is 3.91. The third-order valence-corrected chi connectivity index (χ3v) is 2.19. The summed E-state index contributed by atoms with van der Waals surface area (Å²) >= 11 is 0. The average molecular weight is 330 g/mol. The Kier molecular flexibility index (Phi) is 9.10. The highest BCUT2D eigenvalue weighted by atomic mass is 19.4. The van der Waals surface area contributed by atoms with Gasteiger partial charge in [-0.05, 0) is 6.92 Å². The number of hydrogen-bond acceptors (Lipinski definition) is 6. The maximum atomic E-state index is 11.4. The Balaban J connectivity index is 0.000000534. The molecule has 3 N–H and O–H groups in total. The molecular formula is C11H17F3N2O6. The zero-order valence-electron chi connectivity index (χ0n) is 11.7. The van der Waals surface area contributed by atoms with E-state index in [2.05, 4.69) is 15.4 Å². The number of carboxylic acid groups (broad SMARTS) is 1. The molecule has 1 saturated heterocycles. The number of nitrogens with one attached hydrogen (secondary N) is 2. The summed E-state index contributed by atoms with van der Waals surface area (Å²) in [6.07, 6.45) is -5.08. The molecule has 22 heavy (non-hydrogen) atoms. The number of amides is 1. The number of ether oxygens (including phenoxy) is 2. The molecule has 1 amide bonds. The molecule has 1 heterocycles. The van der Waals surface area contributed by atoms with Crippen molar-refractivity contribution in [1.82, 2.24) is 10.6 Å². The Bertz CT molecular complexity index is 383. The van der Waals surface area contributed by atoms with Crippen LogP contribution < -0.4 is 10.6 Å². The first kappa shape index (κ1) is 20.1. The predicted molar refractivity (Wildman–Crippen MR) is 65.9 cm³/mol. The van der Waals surface area contributed by atoms with Gasteiger partial charge in [-0.3, -0.25) is 9.59 Å². The Morgan fingerprint density at radius 2 is 2.00 bits per heavy atom. The van der Waals surface area contributed by atoms with Crippen LogP contribution in [0.2, 0.25) is 0 Å². The maximum Gasteiger partial charge on any atom is 0.490 e. The van der Waals surface area contributed by atoms with Gasteiger partial charge in [0.2, 0.25) is 5.91 Å². The number of carbonyl (C=O) groups is 3. The van der Waals surface area contributed by atoms with Gasteiger partial charge in [-0.1, -0.05) is 0 Å². The quantitative estimate of drug-likeness (QED) is 0.583. The Morgan fingerprint density at radius 3 is 2.41 bits per heavy atom. The lowest BCUT2D eigenvalue weighted by Crippen LogP contribution is -2.52. The van der Waals surface area contributed by atoms with E-state index >= 15 is 0 Å². The van der Waals surface area contributed by atoms with Crippen molar-refractivity contribution in [3.63, 3.8) is 0 Å². The lowest BCUT2D eigenvalue weighted by atomic mass is 10.2. The molecule has 0 spiro atoms. The van der Waals surface area contributed by atoms with Gasteiger partial charge in [0.15, 0.2) is 0 Å². The number of alkyl halides is 3. The van der Waals surface area contributed by atoms with E-state index in [1.165, 1.54) is 0 Å². The monoisotopic (exact) mass is 330 g/mol. The topological polar surface area (TPSA) is 114 Å². The molecule has 8 nitrogen and oxygen atoms in total. The van der Waals surface area contributed by atoms with Crippen LogP contribution in [0.3, 0.4) is 0 Å². The molecule has 0 saturated carbocycles. The fourth-order valence-corrected chi connectivity index (χ4v) is 1.23. The van der Waals surface area contributed by atoms with Crippen LogP contribution >= 0.6 is 0 Å². The summed E-state index contributed by atoms with van der Waals surface area (Å²) in [5, 5.41) is 12.6. The molecule has 0 bridgehead atoms. The fraction of sp³-hybridized carbons (Fsp3) is 0.727. The van der Waals surface area contributed by atoms with Crippen molar-refractivity contribution >= 4 is 17.8 Å². The van der Waals surface area contributed by atoms with Crippen molar-refractivity contribution in [1.29, 1.82) is 0 Å². The van der Waals surface area contributed by atoms with Crippen molar-refractivity contribution in [2.75, 3.05) is 32.9 Å². The van der Waals surface area contributed by atoms with Crippen LogP contribution in [0, 0.1) is 0 Å². The van der Waals surface area contributed by atoms with Gasteiger partial charge in [-0.2, -0.15) is 13.2 Å². The molecule has 0 aromatic carbocycles. The van der Waals surface area contributed by atoms with Gasteiger partial charge in [0.25, 0.3) is 0 Å². The summed E-state index contributed by atoms with van der Waals surface area (Å²) in [5.74, 6) is -3.42. The molecule has 11 heteroatoms. The van der Waals surface area contributed by atoms with Crippen LogP contribution in [-0.2, 0) is 23.9 Å². The predicted octanol–water partition coefficient (Wildman–Crippen LogP) is -0.713. The molecule has 1 unspecified atom stereocenters. The SMILES string of the molecule is CCOC(=O)CNC(=O)C1COCCN1.O=C(O)C(F)(F)F. The van der Waals surface area contributed by atoms with Crippen LogP contribution in [0.25, 0.3) is 0 Å². The van der Waals surface area contributed by atoms with Crippen LogP contribution in [0.4, 0.5) is 13.2 Å². The van der Waals surface area contributed by atoms with Crippen molar-refractivity contribution in [2.24, 2.45) is 0 Å². The Morgan fingerprint density at radius 1 is 1.41 bits per heavy atom. The molecule has 0 aliphatic carbocycles. The Hall–Kier alpha value is -1.88. The zero-order valence-corrected chi connectivity index (χ0v) is 11.7. The van der Waals surface area contributed by atoms with Crippen molar-refractivity contribution in [2.45, 2.75) is 19.1 Å². The highest BCUT2D eigenvalue weighted by molar-refractivity contribution is 5.85. The molecule has 1 fully saturated rings. The van der Waals surface area contributed by atoms with Gasteiger partial charge in [-0.25, -0.2) is 4.79 Å². The minimum atomic E-state index is -5.08. The Labute approximate surface area is 123 Å². The maximum absolute atomic E-state index is 11.4. The standard InChI is InChI=1S/C9H16N2O4.C2HF3O2/c1-2-15-8(12)5-11-9(13)7-6-14-4-3-10-7;3-2(4,5)1(6)7/h7,10H,2-6H2,1H3,(H,11,13);(H,6,7). The molecule has 0 aromatic rings. The van der Waals surface area contributed by atoms with Crippen molar-refractivity contribution in [3.05, 3.63) is 0 Å². The second-order valence-electron chi connectivity index (χ2n) is 3.91. The summed E-state index contributed by atoms with van der Waals surface area (Å²) in [6.45, 7) is 3.55. The number of rotatable bonds is 4. The summed E-state index contributed by atoms with van der Waals surface area (Å²) in [6, 6.07) is -0.367. The molecular weight excluding hydrogens is 313 g/mol. The normalized spacial score (nSPS) is 17.7. The van der Waals surface area contributed by atoms with E-state index < -0.39 is 18.1 Å². The summed E-state index contributed by atoms with van der Waals surface area (Å²) in [7, 11) is 0. The number of esters is 1. The van der Waals surface area contributed by atoms with Crippen LogP contribution in [0.15, 0.2) is 0 Å². The zero-order chi connectivity index (χ0) is 17.2. The summed E-state index contributed by atoms with van der Waals surface area (Å²) in [4.78, 5) is 31.3. The number of carboxylic acids is 1. The molecule has 128 valence electrons. The minimum Gasteiger partial charge on any atom is -0.475 e. The highest BCUT2D eigenvalue weighted by Gasteiger charge is 2.38. The number of halogens is 3. The van der Waals surface area contributed by atoms with Crippen molar-refractivity contribution in [3.8, 4) is 0 Å². The first-order chi connectivity index (χ1) is 10.2. The molecule has 1 aliphatic heterocycles. The number of hydrogen-bond donors (Lipinski definition) is 3. The third-order valence-electron chi connectivity index (χ3n) is 2.19. The summed E-state index contributed by atoms with van der Waals surface area (Å²) in [5.41, 5.74) is 0. The number of aliphatic carboxylic acids is 1. The van der Waals surface area contributed by atoms with E-state index in [1.807, 2.05) is 0 Å². The highest BCUT2D eigenvalue weighted by Crippen LogP contribution is 2.13. The van der Waals surface area contributed by atoms with Gasteiger partial charge in [0.05, 0.1) is 19.8 Å². The third kappa shape index (κ3) is 9.13. The average Bonchev–Trinajstić information content (AvgIpc) is 2.45. The largest absolute Gasteiger partial charge is 0.490 e. The molecule has 1 aliphatic rings. The summed E-state index contributed by atoms with van der Waals surface area (Å²) < 4.78 is 41.5. The van der Waals surface area contributed by atoms with Crippen molar-refractivity contribution < 1.29 is 42.1 Å². The van der Waals surface area contributed by atoms with E-state index in [9.17, 15) is 22.8 Å². The van der Waals surface area contributed by atoms with Gasteiger partial charge in [0.1, 0.15) is 12.6 Å². The van der Waals surface area contributed by atoms with Gasteiger partial charge >= 0.3 is 18.1 Å². The number of morpholine rings is 1. The molecule has 0 radical (unpaired) electrons. The molecule has 0 aromatic heterocycles. The number of carbonyl (C=O) groups excluding carboxylic acids is 2. The van der Waals surface area contributed by atoms with E-state index in [-0.39, 0.29) is 18.5 Å². The van der Waals surface area contributed by atoms with Gasteiger partial charge < -0.3 is 25.2 Å². The minimum absolute atomic E-state index is 0.0924. The van der Waals surface area contributed by atoms with E-state index in [0.717, 1.165) is 0 Å². The first-order valence-corrected chi connectivity index (χ1v) is 6.23. The first-order valence-electron chi connectivity index (χ1n) is 6.23. The lowest BCUT2D eigenvalue weighted by Gasteiger charge is -2.22. The van der Waals surface area contributed by atoms with Crippen LogP contribution in [0.5, 0.6) is 0 Å². The van der Waals surface area contributed by atoms with Crippen LogP contribution in [0.1, 0.15) is 6.92 Å². The smallest absolute Gasteiger partial charge is 0.475 e. The van der Waals surface area contributed by atoms with Gasteiger partial charge in [-0.15, -0.1) is 0 Å². The van der Waals surface area contributed by atoms with E-state index in [0.29, 0.717) is 26.4 Å². The lowest BCUT2D eigenvalue weighted by molar-refractivity contribution is -0.192. The van der Waals surface area contributed by atoms with E-state index in [4.69, 9.17) is 14.6 Å². The van der Waals surface area contributed by atoms with E-state index in [1.54, 1.807) is 6.92 Å². The molecule has 1 rings (SSSR count). The molecule has 1 atom stereocenters. The van der Waals surface area contributed by atoms with Crippen LogP contribution in [-0.4, -0.2) is 68.1 Å². The second kappa shape index (κ2) is 9.95. The van der Waals surface area contributed by atoms with Gasteiger partial charge in [0, 0.05) is 6.54 Å². The fourth-order valence-electron chi connectivity index (χ4n) is 1.23.